The lowest BCUT2D eigenvalue weighted by Gasteiger charge is -2.19. The molecule has 0 spiro atoms. The predicted molar refractivity (Wildman–Crippen MR) is 106 cm³/mol. The van der Waals surface area contributed by atoms with Crippen LogP contribution in [0.4, 0.5) is 0 Å². The van der Waals surface area contributed by atoms with Gasteiger partial charge in [-0.3, -0.25) is 9.36 Å². The van der Waals surface area contributed by atoms with Gasteiger partial charge in [-0.15, -0.1) is 10.2 Å². The van der Waals surface area contributed by atoms with Crippen LogP contribution in [0.5, 0.6) is 0 Å². The molecule has 1 N–H and O–H groups in total. The highest BCUT2D eigenvalue weighted by Gasteiger charge is 2.18. The third kappa shape index (κ3) is 3.66. The summed E-state index contributed by atoms with van der Waals surface area (Å²) in [5.74, 6) is 1.15. The van der Waals surface area contributed by atoms with Gasteiger partial charge in [0, 0.05) is 12.4 Å². The van der Waals surface area contributed by atoms with Crippen molar-refractivity contribution in [2.45, 2.75) is 13.0 Å². The molecule has 0 aliphatic carbocycles. The van der Waals surface area contributed by atoms with E-state index in [-0.39, 0.29) is 17.6 Å². The molecule has 28 heavy (non-hydrogen) atoms. The summed E-state index contributed by atoms with van der Waals surface area (Å²) in [4.78, 5) is 17.0. The highest BCUT2D eigenvalue weighted by Crippen LogP contribution is 2.22. The fraction of sp³-hybridized carbons (Fsp3) is 0.0909. The Morgan fingerprint density at radius 1 is 0.893 bits per heavy atom. The quantitative estimate of drug-likeness (QED) is 0.584. The van der Waals surface area contributed by atoms with Crippen molar-refractivity contribution in [2.75, 3.05) is 0 Å². The van der Waals surface area contributed by atoms with Crippen molar-refractivity contribution in [2.24, 2.45) is 0 Å². The molecule has 6 heteroatoms. The summed E-state index contributed by atoms with van der Waals surface area (Å²) in [6.07, 6.45) is 3.50. The van der Waals surface area contributed by atoms with Crippen LogP contribution >= 0.6 is 0 Å². The number of carbonyl (C=O) groups is 1. The van der Waals surface area contributed by atoms with E-state index >= 15 is 0 Å². The predicted octanol–water partition coefficient (Wildman–Crippen LogP) is 3.49. The van der Waals surface area contributed by atoms with Gasteiger partial charge in [-0.05, 0) is 30.2 Å². The minimum Gasteiger partial charge on any atom is -0.340 e. The number of imidazole rings is 1. The molecule has 2 heterocycles. The van der Waals surface area contributed by atoms with Gasteiger partial charge in [0.2, 0.25) is 0 Å². The minimum atomic E-state index is -0.279. The third-order valence-corrected chi connectivity index (χ3v) is 4.50. The summed E-state index contributed by atoms with van der Waals surface area (Å²) < 4.78 is 1.81. The summed E-state index contributed by atoms with van der Waals surface area (Å²) >= 11 is 0. The van der Waals surface area contributed by atoms with E-state index in [9.17, 15) is 4.79 Å². The number of hydrogen-bond donors (Lipinski definition) is 1. The van der Waals surface area contributed by atoms with E-state index in [1.165, 1.54) is 0 Å². The van der Waals surface area contributed by atoms with E-state index in [1.54, 1.807) is 24.5 Å². The highest BCUT2D eigenvalue weighted by molar-refractivity contribution is 5.92. The Labute approximate surface area is 162 Å². The van der Waals surface area contributed by atoms with Crippen LogP contribution in [0, 0.1) is 6.92 Å². The van der Waals surface area contributed by atoms with E-state index in [1.807, 2.05) is 72.2 Å². The molecule has 6 nitrogen and oxygen atoms in total. The molecule has 0 bridgehead atoms. The summed E-state index contributed by atoms with van der Waals surface area (Å²) in [7, 11) is 0. The molecular weight excluding hydrogens is 350 g/mol. The van der Waals surface area contributed by atoms with Crippen molar-refractivity contribution in [3.05, 3.63) is 108 Å². The van der Waals surface area contributed by atoms with E-state index in [4.69, 9.17) is 0 Å². The van der Waals surface area contributed by atoms with Crippen LogP contribution in [0.15, 0.2) is 85.2 Å². The first-order valence-electron chi connectivity index (χ1n) is 8.97. The van der Waals surface area contributed by atoms with Gasteiger partial charge in [0.25, 0.3) is 5.91 Å². The zero-order valence-electron chi connectivity index (χ0n) is 15.4. The van der Waals surface area contributed by atoms with Gasteiger partial charge in [-0.25, -0.2) is 4.98 Å². The number of hydrogen-bond acceptors (Lipinski definition) is 4. The summed E-state index contributed by atoms with van der Waals surface area (Å²) in [6.45, 7) is 1.88. The van der Waals surface area contributed by atoms with Crippen LogP contribution in [-0.2, 0) is 0 Å². The molecule has 4 rings (SSSR count). The summed E-state index contributed by atoms with van der Waals surface area (Å²) in [5.41, 5.74) is 2.26. The Hall–Kier alpha value is -3.80. The number of carbonyl (C=O) groups excluding carboxylic acids is 1. The minimum absolute atomic E-state index is 0.262. The molecule has 0 unspecified atom stereocenters. The van der Waals surface area contributed by atoms with E-state index in [0.29, 0.717) is 5.82 Å². The van der Waals surface area contributed by atoms with Crippen molar-refractivity contribution in [1.82, 2.24) is 25.1 Å². The largest absolute Gasteiger partial charge is 0.340 e. The van der Waals surface area contributed by atoms with Crippen molar-refractivity contribution in [1.29, 1.82) is 0 Å². The van der Waals surface area contributed by atoms with Crippen molar-refractivity contribution >= 4 is 5.91 Å². The molecule has 138 valence electrons. The molecule has 2 aromatic heterocycles. The normalized spacial score (nSPS) is 10.8. The molecule has 0 saturated carbocycles. The molecule has 4 aromatic rings. The first-order valence-corrected chi connectivity index (χ1v) is 8.97. The average Bonchev–Trinajstić information content (AvgIpc) is 3.19. The monoisotopic (exact) mass is 369 g/mol. The number of aromatic nitrogens is 4. The lowest BCUT2D eigenvalue weighted by atomic mass is 9.98. The van der Waals surface area contributed by atoms with Gasteiger partial charge in [0.1, 0.15) is 5.82 Å². The molecule has 0 atom stereocenters. The van der Waals surface area contributed by atoms with Crippen molar-refractivity contribution in [3.63, 3.8) is 0 Å². The molecule has 0 fully saturated rings. The number of amides is 1. The van der Waals surface area contributed by atoms with Gasteiger partial charge in [-0.1, -0.05) is 60.7 Å². The molecule has 2 aromatic carbocycles. The second-order valence-electron chi connectivity index (χ2n) is 6.35. The Morgan fingerprint density at radius 2 is 1.54 bits per heavy atom. The molecule has 0 saturated heterocycles. The second kappa shape index (κ2) is 7.84. The van der Waals surface area contributed by atoms with E-state index < -0.39 is 0 Å². The van der Waals surface area contributed by atoms with Crippen LogP contribution in [0.2, 0.25) is 0 Å². The average molecular weight is 369 g/mol. The van der Waals surface area contributed by atoms with E-state index in [2.05, 4.69) is 20.5 Å². The fourth-order valence-corrected chi connectivity index (χ4v) is 3.05. The molecule has 0 aliphatic rings. The topological polar surface area (TPSA) is 72.7 Å². The third-order valence-electron chi connectivity index (χ3n) is 4.50. The first kappa shape index (κ1) is 17.6. The Kier molecular flexibility index (Phi) is 4.93. The fourth-order valence-electron chi connectivity index (χ4n) is 3.05. The summed E-state index contributed by atoms with van der Waals surface area (Å²) in [6, 6.07) is 22.9. The highest BCUT2D eigenvalue weighted by atomic mass is 16.2. The van der Waals surface area contributed by atoms with Gasteiger partial charge >= 0.3 is 0 Å². The lowest BCUT2D eigenvalue weighted by Crippen LogP contribution is -2.30. The summed E-state index contributed by atoms with van der Waals surface area (Å²) in [5, 5.41) is 11.3. The maximum absolute atomic E-state index is 12.8. The van der Waals surface area contributed by atoms with Crippen LogP contribution in [0.1, 0.15) is 33.5 Å². The molecule has 1 amide bonds. The van der Waals surface area contributed by atoms with Crippen LogP contribution in [0.3, 0.4) is 0 Å². The van der Waals surface area contributed by atoms with Gasteiger partial charge in [-0.2, -0.15) is 0 Å². The number of rotatable bonds is 5. The zero-order valence-corrected chi connectivity index (χ0v) is 15.4. The number of benzene rings is 2. The van der Waals surface area contributed by atoms with E-state index in [0.717, 1.165) is 17.0 Å². The van der Waals surface area contributed by atoms with Gasteiger partial charge in [0.05, 0.1) is 6.04 Å². The Bertz CT molecular complexity index is 1020. The standard InChI is InChI=1S/C22H19N5O/c1-16-23-14-15-27(16)20-13-12-19(25-26-20)22(28)24-21(17-8-4-2-5-9-17)18-10-6-3-7-11-18/h2-15,21H,1H3,(H,24,28). The second-order valence-corrected chi connectivity index (χ2v) is 6.35. The molecule has 0 radical (unpaired) electrons. The smallest absolute Gasteiger partial charge is 0.272 e. The molecular formula is C22H19N5O. The van der Waals surface area contributed by atoms with Crippen LogP contribution in [0.25, 0.3) is 5.82 Å². The first-order chi connectivity index (χ1) is 13.7. The maximum Gasteiger partial charge on any atom is 0.272 e. The van der Waals surface area contributed by atoms with Crippen LogP contribution in [-0.4, -0.2) is 25.7 Å². The van der Waals surface area contributed by atoms with Crippen LogP contribution < -0.4 is 5.32 Å². The zero-order chi connectivity index (χ0) is 19.3. The Morgan fingerprint density at radius 3 is 2.04 bits per heavy atom. The van der Waals surface area contributed by atoms with Gasteiger partial charge in [0.15, 0.2) is 11.5 Å². The van der Waals surface area contributed by atoms with Crippen molar-refractivity contribution < 1.29 is 4.79 Å². The number of nitrogens with zero attached hydrogens (tertiary/aromatic N) is 4. The number of nitrogens with one attached hydrogen (secondary N) is 1. The Balaban J connectivity index is 1.59. The number of aryl methyl sites for hydroxylation is 1. The van der Waals surface area contributed by atoms with Gasteiger partial charge < -0.3 is 5.32 Å². The maximum atomic E-state index is 12.8. The van der Waals surface area contributed by atoms with Crippen molar-refractivity contribution in [3.8, 4) is 5.82 Å². The molecule has 0 aliphatic heterocycles. The SMILES string of the molecule is Cc1nccn1-c1ccc(C(=O)NC(c2ccccc2)c2ccccc2)nn1. The lowest BCUT2D eigenvalue weighted by molar-refractivity contribution is 0.0937.